The summed E-state index contributed by atoms with van der Waals surface area (Å²) < 4.78 is 67.9. The molecule has 0 aliphatic carbocycles. The molecule has 0 amide bonds. The zero-order valence-corrected chi connectivity index (χ0v) is 54.7. The summed E-state index contributed by atoms with van der Waals surface area (Å²) >= 11 is 0. The Morgan fingerprint density at radius 3 is 0.927 bits per heavy atom. The number of hydrogen-bond donors (Lipinski definition) is 3. The minimum atomic E-state index is -4.94. The van der Waals surface area contributed by atoms with Gasteiger partial charge in [0.1, 0.15) is 19.3 Å². The van der Waals surface area contributed by atoms with E-state index in [0.29, 0.717) is 25.7 Å². The molecular formula is C63H122O17P2. The maximum absolute atomic E-state index is 13.0. The zero-order valence-electron chi connectivity index (χ0n) is 52.9. The van der Waals surface area contributed by atoms with E-state index >= 15 is 0 Å². The van der Waals surface area contributed by atoms with E-state index in [2.05, 4.69) is 48.5 Å². The summed E-state index contributed by atoms with van der Waals surface area (Å²) in [6, 6.07) is 0. The summed E-state index contributed by atoms with van der Waals surface area (Å²) in [6.45, 7) is 11.7. The number of unbranched alkanes of at least 4 members (excludes halogenated alkanes) is 27. The number of aliphatic hydroxyl groups is 1. The lowest BCUT2D eigenvalue weighted by atomic mass is 10.00. The number of ether oxygens (including phenoxy) is 4. The van der Waals surface area contributed by atoms with Gasteiger partial charge in [0.05, 0.1) is 26.4 Å². The van der Waals surface area contributed by atoms with Gasteiger partial charge in [-0.15, -0.1) is 0 Å². The van der Waals surface area contributed by atoms with Crippen LogP contribution in [0.2, 0.25) is 0 Å². The predicted octanol–water partition coefficient (Wildman–Crippen LogP) is 17.1. The van der Waals surface area contributed by atoms with Crippen molar-refractivity contribution in [1.82, 2.24) is 0 Å². The molecule has 0 spiro atoms. The largest absolute Gasteiger partial charge is 0.472 e. The van der Waals surface area contributed by atoms with Crippen LogP contribution in [-0.2, 0) is 65.4 Å². The monoisotopic (exact) mass is 1210 g/mol. The Hall–Kier alpha value is -1.94. The van der Waals surface area contributed by atoms with Crippen LogP contribution < -0.4 is 0 Å². The van der Waals surface area contributed by atoms with Gasteiger partial charge in [-0.2, -0.15) is 0 Å². The van der Waals surface area contributed by atoms with Crippen molar-refractivity contribution in [2.24, 2.45) is 17.8 Å². The Kier molecular flexibility index (Phi) is 53.2. The van der Waals surface area contributed by atoms with Gasteiger partial charge >= 0.3 is 39.5 Å². The molecule has 7 atom stereocenters. The van der Waals surface area contributed by atoms with Gasteiger partial charge in [-0.1, -0.05) is 254 Å². The molecular weight excluding hydrogens is 1090 g/mol. The molecule has 0 aromatic heterocycles. The van der Waals surface area contributed by atoms with Gasteiger partial charge in [-0.05, 0) is 43.4 Å². The number of phosphoric ester groups is 2. The van der Waals surface area contributed by atoms with Crippen LogP contribution in [-0.4, -0.2) is 96.7 Å². The minimum absolute atomic E-state index is 0.102. The molecule has 0 aromatic carbocycles. The van der Waals surface area contributed by atoms with Crippen LogP contribution in [0.3, 0.4) is 0 Å². The fourth-order valence-electron chi connectivity index (χ4n) is 9.24. The van der Waals surface area contributed by atoms with Gasteiger partial charge < -0.3 is 33.8 Å². The summed E-state index contributed by atoms with van der Waals surface area (Å²) in [5.41, 5.74) is 0. The van der Waals surface area contributed by atoms with Crippen molar-refractivity contribution < 1.29 is 80.2 Å². The van der Waals surface area contributed by atoms with Gasteiger partial charge in [-0.25, -0.2) is 9.13 Å². The second-order valence-electron chi connectivity index (χ2n) is 23.8. The van der Waals surface area contributed by atoms with E-state index in [4.69, 9.17) is 37.0 Å². The van der Waals surface area contributed by atoms with E-state index in [1.807, 2.05) is 0 Å². The molecule has 19 heteroatoms. The number of carbonyl (C=O) groups excluding carboxylic acids is 4. The summed E-state index contributed by atoms with van der Waals surface area (Å²) in [6.07, 6.45) is 34.9. The number of aliphatic hydroxyl groups excluding tert-OH is 1. The molecule has 3 N–H and O–H groups in total. The summed E-state index contributed by atoms with van der Waals surface area (Å²) in [7, 11) is -9.89. The van der Waals surface area contributed by atoms with E-state index in [1.54, 1.807) is 0 Å². The molecule has 0 bridgehead atoms. The fourth-order valence-corrected chi connectivity index (χ4v) is 10.8. The van der Waals surface area contributed by atoms with Crippen LogP contribution in [0.4, 0.5) is 0 Å². The van der Waals surface area contributed by atoms with E-state index in [1.165, 1.54) is 109 Å². The van der Waals surface area contributed by atoms with Crippen LogP contribution in [0.1, 0.15) is 305 Å². The third-order valence-corrected chi connectivity index (χ3v) is 17.0. The molecule has 0 saturated carbocycles. The molecule has 82 heavy (non-hydrogen) atoms. The Balaban J connectivity index is 5.26. The zero-order chi connectivity index (χ0) is 61.0. The average Bonchev–Trinajstić information content (AvgIpc) is 3.45. The quantitative estimate of drug-likeness (QED) is 0.0222. The first-order valence-corrected chi connectivity index (χ1v) is 35.9. The van der Waals surface area contributed by atoms with Crippen LogP contribution in [0.25, 0.3) is 0 Å². The van der Waals surface area contributed by atoms with Crippen molar-refractivity contribution in [2.45, 2.75) is 324 Å². The Morgan fingerprint density at radius 1 is 0.354 bits per heavy atom. The molecule has 4 unspecified atom stereocenters. The average molecular weight is 1210 g/mol. The number of esters is 4. The number of phosphoric acid groups is 2. The van der Waals surface area contributed by atoms with Crippen molar-refractivity contribution in [1.29, 1.82) is 0 Å². The highest BCUT2D eigenvalue weighted by molar-refractivity contribution is 7.47. The minimum Gasteiger partial charge on any atom is -0.462 e. The molecule has 0 fully saturated rings. The lowest BCUT2D eigenvalue weighted by molar-refractivity contribution is -0.161. The molecule has 0 heterocycles. The fraction of sp³-hybridized carbons (Fsp3) is 0.937. The normalized spacial score (nSPS) is 15.1. The summed E-state index contributed by atoms with van der Waals surface area (Å²) in [4.78, 5) is 72.1. The first-order valence-electron chi connectivity index (χ1n) is 32.9. The lowest BCUT2D eigenvalue weighted by Crippen LogP contribution is -2.30. The lowest BCUT2D eigenvalue weighted by Gasteiger charge is -2.21. The maximum Gasteiger partial charge on any atom is 0.472 e. The van der Waals surface area contributed by atoms with Crippen molar-refractivity contribution in [3.63, 3.8) is 0 Å². The smallest absolute Gasteiger partial charge is 0.462 e. The second-order valence-corrected chi connectivity index (χ2v) is 26.7. The highest BCUT2D eigenvalue weighted by Crippen LogP contribution is 2.45. The molecule has 0 rings (SSSR count). The third kappa shape index (κ3) is 54.7. The maximum atomic E-state index is 13.0. The highest BCUT2D eigenvalue weighted by atomic mass is 31.2. The first kappa shape index (κ1) is 80.1. The second kappa shape index (κ2) is 54.5. The molecule has 0 radical (unpaired) electrons. The Bertz CT molecular complexity index is 1630. The molecule has 17 nitrogen and oxygen atoms in total. The summed E-state index contributed by atoms with van der Waals surface area (Å²) in [5.74, 6) is 0.0280. The van der Waals surface area contributed by atoms with Gasteiger partial charge in [0.2, 0.25) is 0 Å². The van der Waals surface area contributed by atoms with Gasteiger partial charge in [0.15, 0.2) is 12.2 Å². The molecule has 0 saturated heterocycles. The number of hydrogen-bond acceptors (Lipinski definition) is 15. The molecule has 0 aliphatic heterocycles. The Labute approximate surface area is 498 Å². The first-order chi connectivity index (χ1) is 39.3. The van der Waals surface area contributed by atoms with Crippen LogP contribution in [0.5, 0.6) is 0 Å². The molecule has 0 aliphatic rings. The third-order valence-electron chi connectivity index (χ3n) is 15.1. The van der Waals surface area contributed by atoms with Crippen molar-refractivity contribution in [2.75, 3.05) is 39.6 Å². The topological polar surface area (TPSA) is 237 Å². The van der Waals surface area contributed by atoms with Gasteiger partial charge in [0, 0.05) is 25.7 Å². The van der Waals surface area contributed by atoms with E-state index in [9.17, 15) is 43.2 Å². The Morgan fingerprint density at radius 2 is 0.622 bits per heavy atom. The van der Waals surface area contributed by atoms with Crippen LogP contribution in [0, 0.1) is 17.8 Å². The van der Waals surface area contributed by atoms with E-state index < -0.39 is 97.5 Å². The number of carbonyl (C=O) groups is 4. The SMILES string of the molecule is CCCCCCCCCCCCCC(=O)OC[C@H](COP(=O)(O)OC[C@@H](O)COP(=O)(O)OC[C@@H](COC(=O)CCCCCCCCC(C)CC)OC(=O)CCCCCCCCC(C)CC)OC(=O)CCCCCCCCCCC(C)C. The number of rotatable bonds is 61. The van der Waals surface area contributed by atoms with Gasteiger partial charge in [-0.3, -0.25) is 37.3 Å². The van der Waals surface area contributed by atoms with Gasteiger partial charge in [0.25, 0.3) is 0 Å². The van der Waals surface area contributed by atoms with Crippen LogP contribution in [0.15, 0.2) is 0 Å². The van der Waals surface area contributed by atoms with Crippen LogP contribution >= 0.6 is 15.6 Å². The summed E-state index contributed by atoms with van der Waals surface area (Å²) in [5, 5.41) is 10.5. The van der Waals surface area contributed by atoms with Crippen molar-refractivity contribution in [3.05, 3.63) is 0 Å². The van der Waals surface area contributed by atoms with E-state index in [-0.39, 0.29) is 25.7 Å². The van der Waals surface area contributed by atoms with Crippen molar-refractivity contribution >= 4 is 39.5 Å². The van der Waals surface area contributed by atoms with Crippen molar-refractivity contribution in [3.8, 4) is 0 Å². The molecule has 0 aromatic rings. The highest BCUT2D eigenvalue weighted by Gasteiger charge is 2.30. The predicted molar refractivity (Wildman–Crippen MR) is 326 cm³/mol. The van der Waals surface area contributed by atoms with E-state index in [0.717, 1.165) is 114 Å². The molecule has 486 valence electrons. The standard InChI is InChI=1S/C63H122O17P2/c1-8-11-12-13-14-15-16-17-21-30-37-44-60(65)73-50-58(79-62(67)46-39-32-22-19-18-20-27-34-41-54(4)5)52-77-81(69,70)75-48-57(64)49-76-82(71,72)78-53-59(80-63(68)47-40-33-26-24-29-36-43-56(7)10-3)51-74-61(66)45-38-31-25-23-28-35-42-55(6)9-2/h54-59,64H,8-53H2,1-7H3,(H,69,70)(H,71,72)/t55?,56?,57-,58-,59-/m1/s1.